The van der Waals surface area contributed by atoms with E-state index in [0.717, 1.165) is 0 Å². The minimum Gasteiger partial charge on any atom is -0.504 e. The third kappa shape index (κ3) is 4.81. The summed E-state index contributed by atoms with van der Waals surface area (Å²) in [6.45, 7) is 7.74. The molecule has 2 heterocycles. The molecule has 0 saturated heterocycles. The van der Waals surface area contributed by atoms with Crippen molar-refractivity contribution < 1.29 is 14.6 Å². The number of ether oxygens (including phenoxy) is 1. The van der Waals surface area contributed by atoms with Crippen molar-refractivity contribution in [2.75, 3.05) is 17.2 Å². The summed E-state index contributed by atoms with van der Waals surface area (Å²) in [5.74, 6) is 0.0592. The van der Waals surface area contributed by atoms with Crippen molar-refractivity contribution in [2.45, 2.75) is 26.5 Å². The van der Waals surface area contributed by atoms with Gasteiger partial charge in [-0.25, -0.2) is 14.6 Å². The lowest BCUT2D eigenvalue weighted by molar-refractivity contribution is -0.114. The van der Waals surface area contributed by atoms with Gasteiger partial charge in [-0.15, -0.1) is 0 Å². The first-order valence-electron chi connectivity index (χ1n) is 11.2. The van der Waals surface area contributed by atoms with Gasteiger partial charge < -0.3 is 20.5 Å². The van der Waals surface area contributed by atoms with Gasteiger partial charge >= 0.3 is 0 Å². The second kappa shape index (κ2) is 10.1. The average Bonchev–Trinajstić information content (AvgIpc) is 3.25. The quantitative estimate of drug-likeness (QED) is 0.285. The average molecular weight is 484 g/mol. The van der Waals surface area contributed by atoms with Gasteiger partial charge in [0.2, 0.25) is 0 Å². The Balaban J connectivity index is 1.72. The number of aromatic nitrogens is 4. The van der Waals surface area contributed by atoms with Crippen LogP contribution in [0.15, 0.2) is 67.0 Å². The predicted octanol–water partition coefficient (Wildman–Crippen LogP) is 3.68. The number of phenols is 1. The maximum atomic E-state index is 12.9. The number of hydrogen-bond acceptors (Lipinski definition) is 8. The van der Waals surface area contributed by atoms with Crippen LogP contribution in [0, 0.1) is 11.3 Å². The Morgan fingerprint density at radius 3 is 2.67 bits per heavy atom. The van der Waals surface area contributed by atoms with E-state index in [2.05, 4.69) is 16.5 Å². The van der Waals surface area contributed by atoms with Crippen LogP contribution in [0.2, 0.25) is 0 Å². The molecule has 0 aliphatic rings. The van der Waals surface area contributed by atoms with E-state index in [9.17, 15) is 15.2 Å². The van der Waals surface area contributed by atoms with E-state index in [4.69, 9.17) is 15.6 Å². The third-order valence-electron chi connectivity index (χ3n) is 5.40. The van der Waals surface area contributed by atoms with Crippen LogP contribution in [0.25, 0.3) is 22.3 Å². The maximum absolute atomic E-state index is 12.9. The van der Waals surface area contributed by atoms with Gasteiger partial charge in [-0.2, -0.15) is 10.4 Å². The summed E-state index contributed by atoms with van der Waals surface area (Å²) >= 11 is 0. The number of anilines is 2. The van der Waals surface area contributed by atoms with Crippen LogP contribution in [0.1, 0.15) is 13.8 Å². The smallest absolute Gasteiger partial charge is 0.268 e. The van der Waals surface area contributed by atoms with Gasteiger partial charge in [0, 0.05) is 17.8 Å². The molecule has 0 unspecified atom stereocenters. The number of para-hydroxylation sites is 1. The summed E-state index contributed by atoms with van der Waals surface area (Å²) in [5, 5.41) is 24.9. The Kier molecular flexibility index (Phi) is 6.83. The zero-order chi connectivity index (χ0) is 25.8. The van der Waals surface area contributed by atoms with E-state index >= 15 is 0 Å². The third-order valence-corrected chi connectivity index (χ3v) is 5.40. The van der Waals surface area contributed by atoms with E-state index in [0.29, 0.717) is 33.7 Å². The fourth-order valence-corrected chi connectivity index (χ4v) is 3.77. The van der Waals surface area contributed by atoms with Crippen LogP contribution < -0.4 is 15.4 Å². The highest BCUT2D eigenvalue weighted by Crippen LogP contribution is 2.36. The lowest BCUT2D eigenvalue weighted by atomic mass is 10.1. The maximum Gasteiger partial charge on any atom is 0.268 e. The Morgan fingerprint density at radius 1 is 1.25 bits per heavy atom. The topological polar surface area (TPSA) is 143 Å². The molecule has 0 bridgehead atoms. The summed E-state index contributed by atoms with van der Waals surface area (Å²) in [4.78, 5) is 22.8. The summed E-state index contributed by atoms with van der Waals surface area (Å²) in [5.41, 5.74) is 8.19. The van der Waals surface area contributed by atoms with Crippen molar-refractivity contribution in [2.24, 2.45) is 0 Å². The van der Waals surface area contributed by atoms with E-state index < -0.39 is 5.91 Å². The lowest BCUT2D eigenvalue weighted by Gasteiger charge is -2.22. The van der Waals surface area contributed by atoms with Crippen LogP contribution in [0.3, 0.4) is 0 Å². The number of nitriles is 1. The van der Waals surface area contributed by atoms with Crippen molar-refractivity contribution in [3.05, 3.63) is 67.0 Å². The highest BCUT2D eigenvalue weighted by atomic mass is 16.5. The Morgan fingerprint density at radius 2 is 2.00 bits per heavy atom. The van der Waals surface area contributed by atoms with Crippen molar-refractivity contribution in [1.29, 1.82) is 5.26 Å². The monoisotopic (exact) mass is 483 g/mol. The van der Waals surface area contributed by atoms with Crippen LogP contribution in [0.4, 0.5) is 11.5 Å². The normalized spacial score (nSPS) is 10.8. The highest BCUT2D eigenvalue weighted by Gasteiger charge is 2.22. The van der Waals surface area contributed by atoms with Crippen molar-refractivity contribution >= 4 is 28.4 Å². The largest absolute Gasteiger partial charge is 0.504 e. The van der Waals surface area contributed by atoms with Gasteiger partial charge in [-0.3, -0.25) is 4.79 Å². The summed E-state index contributed by atoms with van der Waals surface area (Å²) in [7, 11) is 0. The molecule has 36 heavy (non-hydrogen) atoms. The zero-order valence-corrected chi connectivity index (χ0v) is 19.9. The number of rotatable bonds is 8. The minimum absolute atomic E-state index is 0.0322. The van der Waals surface area contributed by atoms with Crippen molar-refractivity contribution in [1.82, 2.24) is 19.7 Å². The molecule has 0 fully saturated rings. The number of nitrogens with two attached hydrogens (primary N) is 1. The first-order chi connectivity index (χ1) is 17.3. The molecule has 0 aliphatic carbocycles. The fraction of sp³-hybridized carbons (Fsp3) is 0.192. The first kappa shape index (κ1) is 24.2. The molecule has 0 radical (unpaired) electrons. The number of benzene rings is 2. The molecule has 4 rings (SSSR count). The molecule has 0 spiro atoms. The summed E-state index contributed by atoms with van der Waals surface area (Å²) in [6, 6.07) is 15.8. The Hall–Kier alpha value is -4.91. The SMILES string of the molecule is C=C(C#N)C(=O)N(CCn1nc(-c2ccc(OC(C)C)c(O)c2)c2c(N)ncnc21)c1ccccc1. The number of hydrogen-bond donors (Lipinski definition) is 2. The van der Waals surface area contributed by atoms with Crippen LogP contribution >= 0.6 is 0 Å². The first-order valence-corrected chi connectivity index (χ1v) is 11.2. The summed E-state index contributed by atoms with van der Waals surface area (Å²) < 4.78 is 7.24. The number of carbonyl (C=O) groups is 1. The lowest BCUT2D eigenvalue weighted by Crippen LogP contribution is -2.34. The molecule has 10 heteroatoms. The molecule has 3 N–H and O–H groups in total. The Bertz CT molecular complexity index is 1470. The second-order valence-corrected chi connectivity index (χ2v) is 8.26. The molecule has 1 amide bonds. The summed E-state index contributed by atoms with van der Waals surface area (Å²) in [6.07, 6.45) is 1.24. The van der Waals surface area contributed by atoms with Gasteiger partial charge in [-0.05, 0) is 44.2 Å². The van der Waals surface area contributed by atoms with E-state index in [-0.39, 0.29) is 36.3 Å². The molecule has 182 valence electrons. The van der Waals surface area contributed by atoms with Gasteiger partial charge in [0.25, 0.3) is 5.91 Å². The molecule has 0 aliphatic heterocycles. The number of aromatic hydroxyl groups is 1. The van der Waals surface area contributed by atoms with E-state index in [1.54, 1.807) is 47.1 Å². The molecule has 2 aromatic carbocycles. The number of carbonyl (C=O) groups excluding carboxylic acids is 1. The molecule has 0 saturated carbocycles. The number of nitrogens with zero attached hydrogens (tertiary/aromatic N) is 6. The van der Waals surface area contributed by atoms with Gasteiger partial charge in [-0.1, -0.05) is 24.8 Å². The number of fused-ring (bicyclic) bond motifs is 1. The van der Waals surface area contributed by atoms with Gasteiger partial charge in [0.1, 0.15) is 29.5 Å². The van der Waals surface area contributed by atoms with Crippen molar-refractivity contribution in [3.63, 3.8) is 0 Å². The fourth-order valence-electron chi connectivity index (χ4n) is 3.77. The predicted molar refractivity (Wildman–Crippen MR) is 136 cm³/mol. The second-order valence-electron chi connectivity index (χ2n) is 8.26. The zero-order valence-electron chi connectivity index (χ0n) is 19.9. The standard InChI is InChI=1S/C26H25N7O3/c1-16(2)36-21-10-9-18(13-20(21)34)23-22-24(28)29-15-30-25(22)33(31-23)12-11-32(26(35)17(3)14-27)19-7-5-4-6-8-19/h4-10,13,15-16,34H,3,11-12H2,1-2H3,(H2,28,29,30). The molecular weight excluding hydrogens is 458 g/mol. The molecule has 2 aromatic heterocycles. The number of phenolic OH excluding ortho intramolecular Hbond substituents is 1. The number of amides is 1. The molecule has 4 aromatic rings. The molecular formula is C26H25N7O3. The van der Waals surface area contributed by atoms with E-state index in [1.165, 1.54) is 11.2 Å². The van der Waals surface area contributed by atoms with Crippen molar-refractivity contribution in [3.8, 4) is 28.8 Å². The van der Waals surface area contributed by atoms with E-state index in [1.807, 2.05) is 26.0 Å². The van der Waals surface area contributed by atoms with Crippen LogP contribution in [-0.2, 0) is 11.3 Å². The molecule has 0 atom stereocenters. The van der Waals surface area contributed by atoms with Gasteiger partial charge in [0.05, 0.1) is 18.0 Å². The van der Waals surface area contributed by atoms with Gasteiger partial charge in [0.15, 0.2) is 17.1 Å². The molecule has 10 nitrogen and oxygen atoms in total. The van der Waals surface area contributed by atoms with Crippen LogP contribution in [0.5, 0.6) is 11.5 Å². The highest BCUT2D eigenvalue weighted by molar-refractivity contribution is 6.07. The van der Waals surface area contributed by atoms with Crippen LogP contribution in [-0.4, -0.2) is 43.4 Å². The Labute approximate surface area is 207 Å². The minimum atomic E-state index is -0.500. The number of nitrogen functional groups attached to an aromatic ring is 1.